The Labute approximate surface area is 123 Å². The second-order valence-corrected chi connectivity index (χ2v) is 4.18. The standard InChI is InChI=1S/C11H8ClN7O2/c12-7-2-1-6(4-13)8(3-7)17-10-9(19(20)21)11(18-14)16-5-15-10/h1-3,5H,14H2,(H2,15,16,17,18). The van der Waals surface area contributed by atoms with E-state index in [1.54, 1.807) is 0 Å². The van der Waals surface area contributed by atoms with Gasteiger partial charge in [-0.15, -0.1) is 0 Å². The van der Waals surface area contributed by atoms with E-state index >= 15 is 0 Å². The maximum absolute atomic E-state index is 11.1. The first-order valence-corrected chi connectivity index (χ1v) is 5.87. The van der Waals surface area contributed by atoms with Gasteiger partial charge in [-0.25, -0.2) is 15.8 Å². The van der Waals surface area contributed by atoms with E-state index in [9.17, 15) is 10.1 Å². The molecule has 0 spiro atoms. The van der Waals surface area contributed by atoms with Gasteiger partial charge in [0.05, 0.1) is 16.2 Å². The van der Waals surface area contributed by atoms with Gasteiger partial charge in [0.15, 0.2) is 0 Å². The van der Waals surface area contributed by atoms with E-state index < -0.39 is 10.6 Å². The number of halogens is 1. The molecule has 0 radical (unpaired) electrons. The Morgan fingerprint density at radius 3 is 2.71 bits per heavy atom. The lowest BCUT2D eigenvalue weighted by molar-refractivity contribution is -0.383. The average Bonchev–Trinajstić information content (AvgIpc) is 2.47. The van der Waals surface area contributed by atoms with Gasteiger partial charge in [0.25, 0.3) is 0 Å². The second-order valence-electron chi connectivity index (χ2n) is 3.75. The van der Waals surface area contributed by atoms with Crippen LogP contribution in [0.3, 0.4) is 0 Å². The van der Waals surface area contributed by atoms with Crippen molar-refractivity contribution in [3.8, 4) is 6.07 Å². The Balaban J connectivity index is 2.52. The molecule has 0 aliphatic rings. The zero-order chi connectivity index (χ0) is 15.4. The largest absolute Gasteiger partial charge is 0.354 e. The summed E-state index contributed by atoms with van der Waals surface area (Å²) in [6.07, 6.45) is 1.10. The zero-order valence-corrected chi connectivity index (χ0v) is 11.1. The van der Waals surface area contributed by atoms with E-state index in [0.717, 1.165) is 6.33 Å². The van der Waals surface area contributed by atoms with Gasteiger partial charge < -0.3 is 10.7 Å². The Morgan fingerprint density at radius 1 is 1.38 bits per heavy atom. The minimum absolute atomic E-state index is 0.110. The summed E-state index contributed by atoms with van der Waals surface area (Å²) in [7, 11) is 0. The van der Waals surface area contributed by atoms with Crippen LogP contribution in [-0.4, -0.2) is 14.9 Å². The lowest BCUT2D eigenvalue weighted by atomic mass is 10.2. The third kappa shape index (κ3) is 2.97. The summed E-state index contributed by atoms with van der Waals surface area (Å²) in [5, 5.41) is 23.2. The Kier molecular flexibility index (Phi) is 4.13. The van der Waals surface area contributed by atoms with E-state index in [0.29, 0.717) is 5.02 Å². The van der Waals surface area contributed by atoms with E-state index in [4.69, 9.17) is 22.7 Å². The number of aromatic nitrogens is 2. The van der Waals surface area contributed by atoms with E-state index in [1.165, 1.54) is 18.2 Å². The molecular weight excluding hydrogens is 298 g/mol. The number of rotatable bonds is 4. The highest BCUT2D eigenvalue weighted by Crippen LogP contribution is 2.32. The van der Waals surface area contributed by atoms with Crippen molar-refractivity contribution < 1.29 is 4.92 Å². The van der Waals surface area contributed by atoms with Gasteiger partial charge in [0.2, 0.25) is 11.6 Å². The summed E-state index contributed by atoms with van der Waals surface area (Å²) < 4.78 is 0. The van der Waals surface area contributed by atoms with E-state index in [2.05, 4.69) is 20.7 Å². The van der Waals surface area contributed by atoms with Gasteiger partial charge in [0, 0.05) is 5.02 Å². The van der Waals surface area contributed by atoms with Crippen LogP contribution in [0, 0.1) is 21.4 Å². The Morgan fingerprint density at radius 2 is 2.10 bits per heavy atom. The Bertz CT molecular complexity index is 744. The van der Waals surface area contributed by atoms with Crippen molar-refractivity contribution in [2.45, 2.75) is 0 Å². The van der Waals surface area contributed by atoms with Crippen molar-refractivity contribution in [1.82, 2.24) is 9.97 Å². The minimum atomic E-state index is -0.686. The molecule has 0 aliphatic carbocycles. The number of nitrogens with one attached hydrogen (secondary N) is 2. The van der Waals surface area contributed by atoms with Crippen molar-refractivity contribution in [3.63, 3.8) is 0 Å². The molecule has 0 unspecified atom stereocenters. The topological polar surface area (TPSA) is 143 Å². The zero-order valence-electron chi connectivity index (χ0n) is 10.4. The van der Waals surface area contributed by atoms with Gasteiger partial charge >= 0.3 is 5.69 Å². The van der Waals surface area contributed by atoms with Crippen LogP contribution in [0.1, 0.15) is 5.56 Å². The van der Waals surface area contributed by atoms with E-state index in [-0.39, 0.29) is 22.9 Å². The van der Waals surface area contributed by atoms with Crippen molar-refractivity contribution in [3.05, 3.63) is 45.2 Å². The molecule has 4 N–H and O–H groups in total. The van der Waals surface area contributed by atoms with Crippen LogP contribution in [0.2, 0.25) is 5.02 Å². The fourth-order valence-corrected chi connectivity index (χ4v) is 1.77. The predicted molar refractivity (Wildman–Crippen MR) is 75.9 cm³/mol. The SMILES string of the molecule is N#Cc1ccc(Cl)cc1Nc1ncnc(NN)c1[N+](=O)[O-]. The molecule has 0 fully saturated rings. The molecule has 0 bridgehead atoms. The number of hydrogen-bond donors (Lipinski definition) is 3. The van der Waals surface area contributed by atoms with Crippen LogP contribution in [0.25, 0.3) is 0 Å². The molecular formula is C11H8ClN7O2. The van der Waals surface area contributed by atoms with Gasteiger partial charge in [-0.1, -0.05) is 11.6 Å². The maximum atomic E-state index is 11.1. The number of anilines is 3. The van der Waals surface area contributed by atoms with Crippen molar-refractivity contribution in [2.24, 2.45) is 5.84 Å². The van der Waals surface area contributed by atoms with E-state index in [1.807, 2.05) is 6.07 Å². The number of hydrazine groups is 1. The van der Waals surface area contributed by atoms with Crippen molar-refractivity contribution >= 4 is 34.6 Å². The number of hydrogen-bond acceptors (Lipinski definition) is 8. The van der Waals surface area contributed by atoms with Crippen molar-refractivity contribution in [2.75, 3.05) is 10.7 Å². The highest BCUT2D eigenvalue weighted by molar-refractivity contribution is 6.30. The summed E-state index contributed by atoms with van der Waals surface area (Å²) in [6, 6.07) is 6.43. The predicted octanol–water partition coefficient (Wildman–Crippen LogP) is 1.94. The number of nitrogens with two attached hydrogens (primary N) is 1. The lowest BCUT2D eigenvalue weighted by Gasteiger charge is -2.09. The van der Waals surface area contributed by atoms with Crippen molar-refractivity contribution in [1.29, 1.82) is 5.26 Å². The van der Waals surface area contributed by atoms with Crippen LogP contribution in [0.15, 0.2) is 24.5 Å². The molecule has 0 amide bonds. The molecule has 1 aromatic heterocycles. The molecule has 0 aliphatic heterocycles. The van der Waals surface area contributed by atoms with Crippen LogP contribution < -0.4 is 16.6 Å². The smallest absolute Gasteiger partial charge is 0.333 e. The van der Waals surface area contributed by atoms with Crippen LogP contribution >= 0.6 is 11.6 Å². The first-order valence-electron chi connectivity index (χ1n) is 5.49. The summed E-state index contributed by atoms with van der Waals surface area (Å²) in [6.45, 7) is 0. The lowest BCUT2D eigenvalue weighted by Crippen LogP contribution is -2.13. The average molecular weight is 306 g/mol. The first kappa shape index (κ1) is 14.4. The Hall–Kier alpha value is -2.96. The fourth-order valence-electron chi connectivity index (χ4n) is 1.59. The third-order valence-electron chi connectivity index (χ3n) is 2.50. The molecule has 0 saturated heterocycles. The van der Waals surface area contributed by atoms with Crippen LogP contribution in [0.5, 0.6) is 0 Å². The van der Waals surface area contributed by atoms with Gasteiger partial charge in [-0.2, -0.15) is 5.26 Å². The minimum Gasteiger partial charge on any atom is -0.333 e. The highest BCUT2D eigenvalue weighted by atomic mass is 35.5. The highest BCUT2D eigenvalue weighted by Gasteiger charge is 2.23. The summed E-state index contributed by atoms with van der Waals surface area (Å²) in [4.78, 5) is 17.9. The fraction of sp³-hybridized carbons (Fsp3) is 0. The molecule has 1 heterocycles. The molecule has 1 aromatic carbocycles. The monoisotopic (exact) mass is 305 g/mol. The number of nitrogen functional groups attached to an aromatic ring is 1. The summed E-state index contributed by atoms with van der Waals surface area (Å²) in [5.74, 6) is 4.92. The molecule has 9 nitrogen and oxygen atoms in total. The molecule has 0 atom stereocenters. The molecule has 106 valence electrons. The maximum Gasteiger partial charge on any atom is 0.354 e. The van der Waals surface area contributed by atoms with Crippen LogP contribution in [-0.2, 0) is 0 Å². The molecule has 21 heavy (non-hydrogen) atoms. The second kappa shape index (κ2) is 6.00. The number of nitriles is 1. The number of nitro groups is 1. The van der Waals surface area contributed by atoms with Gasteiger partial charge in [0.1, 0.15) is 12.4 Å². The summed E-state index contributed by atoms with van der Waals surface area (Å²) in [5.41, 5.74) is 2.22. The molecule has 2 aromatic rings. The normalized spacial score (nSPS) is 9.76. The number of benzene rings is 1. The van der Waals surface area contributed by atoms with Gasteiger partial charge in [-0.05, 0) is 18.2 Å². The molecule has 0 saturated carbocycles. The summed E-state index contributed by atoms with van der Waals surface area (Å²) >= 11 is 5.85. The first-order chi connectivity index (χ1) is 10.1. The quantitative estimate of drug-likeness (QED) is 0.441. The number of nitrogens with zero attached hydrogens (tertiary/aromatic N) is 4. The third-order valence-corrected chi connectivity index (χ3v) is 2.73. The molecule has 2 rings (SSSR count). The molecule has 10 heteroatoms. The van der Waals surface area contributed by atoms with Gasteiger partial charge in [-0.3, -0.25) is 10.1 Å². The van der Waals surface area contributed by atoms with Crippen LogP contribution in [0.4, 0.5) is 23.0 Å².